The Bertz CT molecular complexity index is 131. The Hall–Kier alpha value is -0.160. The van der Waals surface area contributed by atoms with Gasteiger partial charge in [0.05, 0.1) is 12.7 Å². The van der Waals surface area contributed by atoms with E-state index in [-0.39, 0.29) is 12.7 Å². The maximum absolute atomic E-state index is 9.68. The summed E-state index contributed by atoms with van der Waals surface area (Å²) in [5, 5.41) is 18.4. The van der Waals surface area contributed by atoms with E-state index < -0.39 is 0 Å². The molecule has 0 aliphatic carbocycles. The van der Waals surface area contributed by atoms with Crippen LogP contribution < -0.4 is 0 Å². The third kappa shape index (κ3) is 7.26. The Morgan fingerprint density at radius 1 is 1.21 bits per heavy atom. The zero-order valence-electron chi connectivity index (χ0n) is 9.61. The first kappa shape index (κ1) is 13.8. The van der Waals surface area contributed by atoms with Crippen LogP contribution in [0.2, 0.25) is 0 Å². The summed E-state index contributed by atoms with van der Waals surface area (Å²) >= 11 is 0. The molecule has 0 aromatic rings. The lowest BCUT2D eigenvalue weighted by atomic mass is 10.2. The minimum Gasteiger partial charge on any atom is -0.395 e. The van der Waals surface area contributed by atoms with Crippen molar-refractivity contribution in [2.24, 2.45) is 0 Å². The fourth-order valence-electron chi connectivity index (χ4n) is 1.32. The summed E-state index contributed by atoms with van der Waals surface area (Å²) in [4.78, 5) is 4.12. The molecule has 0 rings (SSSR count). The fraction of sp³-hybridized carbons (Fsp3) is 1.00. The molecule has 0 saturated heterocycles. The van der Waals surface area contributed by atoms with E-state index in [9.17, 15) is 5.11 Å². The van der Waals surface area contributed by atoms with Crippen molar-refractivity contribution >= 4 is 0 Å². The zero-order valence-corrected chi connectivity index (χ0v) is 9.61. The molecule has 4 heteroatoms. The highest BCUT2D eigenvalue weighted by Gasteiger charge is 2.09. The van der Waals surface area contributed by atoms with Gasteiger partial charge in [0.1, 0.15) is 0 Å². The fourth-order valence-corrected chi connectivity index (χ4v) is 1.32. The number of hydrogen-bond donors (Lipinski definition) is 2. The van der Waals surface area contributed by atoms with E-state index in [1.807, 2.05) is 21.0 Å². The van der Waals surface area contributed by atoms with Crippen LogP contribution in [0.1, 0.15) is 13.3 Å². The Labute approximate surface area is 87.1 Å². The number of rotatable bonds is 8. The first-order valence-corrected chi connectivity index (χ1v) is 5.26. The summed E-state index contributed by atoms with van der Waals surface area (Å²) in [5.74, 6) is 0. The zero-order chi connectivity index (χ0) is 11.0. The highest BCUT2D eigenvalue weighted by Crippen LogP contribution is 1.97. The molecule has 0 aliphatic heterocycles. The molecule has 0 spiro atoms. The molecule has 0 aromatic heterocycles. The molecule has 86 valence electrons. The minimum atomic E-state index is -0.288. The van der Waals surface area contributed by atoms with Crippen molar-refractivity contribution in [1.29, 1.82) is 0 Å². The largest absolute Gasteiger partial charge is 0.395 e. The van der Waals surface area contributed by atoms with E-state index in [4.69, 9.17) is 5.11 Å². The van der Waals surface area contributed by atoms with Gasteiger partial charge in [-0.1, -0.05) is 6.92 Å². The van der Waals surface area contributed by atoms with Gasteiger partial charge in [-0.05, 0) is 27.1 Å². The second kappa shape index (κ2) is 8.17. The number of likely N-dealkylation sites (N-methyl/N-ethyl adjacent to an activating group) is 1. The molecule has 0 bridgehead atoms. The average molecular weight is 204 g/mol. The minimum absolute atomic E-state index is 0.161. The van der Waals surface area contributed by atoms with E-state index in [0.29, 0.717) is 13.1 Å². The van der Waals surface area contributed by atoms with Crippen LogP contribution >= 0.6 is 0 Å². The third-order valence-electron chi connectivity index (χ3n) is 2.24. The highest BCUT2D eigenvalue weighted by atomic mass is 16.3. The van der Waals surface area contributed by atoms with Crippen LogP contribution in [0.25, 0.3) is 0 Å². The molecule has 4 nitrogen and oxygen atoms in total. The molecule has 0 amide bonds. The van der Waals surface area contributed by atoms with Gasteiger partial charge in [-0.2, -0.15) is 0 Å². The molecule has 2 N–H and O–H groups in total. The molecule has 0 radical (unpaired) electrons. The third-order valence-corrected chi connectivity index (χ3v) is 2.24. The Kier molecular flexibility index (Phi) is 8.08. The maximum atomic E-state index is 9.68. The van der Waals surface area contributed by atoms with Crippen molar-refractivity contribution in [3.63, 3.8) is 0 Å². The first-order chi connectivity index (χ1) is 6.60. The lowest BCUT2D eigenvalue weighted by Crippen LogP contribution is -2.35. The van der Waals surface area contributed by atoms with E-state index in [0.717, 1.165) is 19.5 Å². The van der Waals surface area contributed by atoms with E-state index in [2.05, 4.69) is 9.80 Å². The van der Waals surface area contributed by atoms with E-state index >= 15 is 0 Å². The second-order valence-electron chi connectivity index (χ2n) is 3.86. The number of aliphatic hydroxyl groups is 2. The van der Waals surface area contributed by atoms with Crippen LogP contribution in [0.5, 0.6) is 0 Å². The monoisotopic (exact) mass is 204 g/mol. The number of aliphatic hydroxyl groups excluding tert-OH is 2. The number of hydrogen-bond acceptors (Lipinski definition) is 4. The lowest BCUT2D eigenvalue weighted by molar-refractivity contribution is 0.0908. The van der Waals surface area contributed by atoms with Crippen LogP contribution in [0.4, 0.5) is 0 Å². The lowest BCUT2D eigenvalue weighted by Gasteiger charge is -2.23. The highest BCUT2D eigenvalue weighted by molar-refractivity contribution is 4.64. The predicted molar refractivity (Wildman–Crippen MR) is 58.4 cm³/mol. The summed E-state index contributed by atoms with van der Waals surface area (Å²) < 4.78 is 0. The van der Waals surface area contributed by atoms with E-state index in [1.165, 1.54) is 0 Å². The van der Waals surface area contributed by atoms with Crippen molar-refractivity contribution in [1.82, 2.24) is 9.80 Å². The summed E-state index contributed by atoms with van der Waals surface area (Å²) in [6.07, 6.45) is 0.499. The molecule has 14 heavy (non-hydrogen) atoms. The molecule has 0 aliphatic rings. The summed E-state index contributed by atoms with van der Waals surface area (Å²) in [6, 6.07) is 0. The molecule has 0 fully saturated rings. The quantitative estimate of drug-likeness (QED) is 0.565. The standard InChI is InChI=1S/C10H24N2O2/c1-4-12(7-8-13)9-10(14)5-6-11(2)3/h10,13-14H,4-9H2,1-3H3. The summed E-state index contributed by atoms with van der Waals surface area (Å²) in [6.45, 7) is 5.28. The summed E-state index contributed by atoms with van der Waals surface area (Å²) in [7, 11) is 4.00. The van der Waals surface area contributed by atoms with Gasteiger partial charge in [-0.15, -0.1) is 0 Å². The molecule has 1 atom stereocenters. The molecule has 1 unspecified atom stereocenters. The van der Waals surface area contributed by atoms with Crippen molar-refractivity contribution in [2.75, 3.05) is 46.9 Å². The van der Waals surface area contributed by atoms with Gasteiger partial charge >= 0.3 is 0 Å². The van der Waals surface area contributed by atoms with Gasteiger partial charge in [-0.3, -0.25) is 4.90 Å². The molecular formula is C10H24N2O2. The Morgan fingerprint density at radius 3 is 2.29 bits per heavy atom. The molecule has 0 saturated carbocycles. The smallest absolute Gasteiger partial charge is 0.0679 e. The second-order valence-corrected chi connectivity index (χ2v) is 3.86. The first-order valence-electron chi connectivity index (χ1n) is 5.26. The maximum Gasteiger partial charge on any atom is 0.0679 e. The van der Waals surface area contributed by atoms with Gasteiger partial charge in [-0.25, -0.2) is 0 Å². The average Bonchev–Trinajstić information content (AvgIpc) is 2.14. The van der Waals surface area contributed by atoms with E-state index in [1.54, 1.807) is 0 Å². The van der Waals surface area contributed by atoms with Crippen LogP contribution in [-0.2, 0) is 0 Å². The molecule has 0 aromatic carbocycles. The van der Waals surface area contributed by atoms with Crippen molar-refractivity contribution in [3.8, 4) is 0 Å². The van der Waals surface area contributed by atoms with Crippen LogP contribution in [0.15, 0.2) is 0 Å². The normalized spacial score (nSPS) is 13.9. The van der Waals surface area contributed by atoms with Gasteiger partial charge in [0.2, 0.25) is 0 Å². The molecule has 0 heterocycles. The van der Waals surface area contributed by atoms with Crippen molar-refractivity contribution in [2.45, 2.75) is 19.4 Å². The van der Waals surface area contributed by atoms with Crippen LogP contribution in [-0.4, -0.2) is 73.0 Å². The topological polar surface area (TPSA) is 46.9 Å². The SMILES string of the molecule is CCN(CCO)CC(O)CCN(C)C. The predicted octanol–water partition coefficient (Wildman–Crippen LogP) is -0.387. The van der Waals surface area contributed by atoms with Crippen LogP contribution in [0.3, 0.4) is 0 Å². The van der Waals surface area contributed by atoms with Gasteiger partial charge < -0.3 is 15.1 Å². The Balaban J connectivity index is 3.61. The van der Waals surface area contributed by atoms with Crippen molar-refractivity contribution in [3.05, 3.63) is 0 Å². The van der Waals surface area contributed by atoms with Gasteiger partial charge in [0, 0.05) is 19.6 Å². The summed E-state index contributed by atoms with van der Waals surface area (Å²) in [5.41, 5.74) is 0. The van der Waals surface area contributed by atoms with Crippen LogP contribution in [0, 0.1) is 0 Å². The Morgan fingerprint density at radius 2 is 1.86 bits per heavy atom. The van der Waals surface area contributed by atoms with Crippen molar-refractivity contribution < 1.29 is 10.2 Å². The number of nitrogens with zero attached hydrogens (tertiary/aromatic N) is 2. The molecular weight excluding hydrogens is 180 g/mol. The van der Waals surface area contributed by atoms with Gasteiger partial charge in [0.15, 0.2) is 0 Å². The van der Waals surface area contributed by atoms with Gasteiger partial charge in [0.25, 0.3) is 0 Å².